The van der Waals surface area contributed by atoms with Crippen LogP contribution in [0.2, 0.25) is 5.02 Å². The van der Waals surface area contributed by atoms with Gasteiger partial charge in [0, 0.05) is 6.20 Å². The molecule has 2 heterocycles. The number of carbonyl (C=O) groups is 1. The highest BCUT2D eigenvalue weighted by Crippen LogP contribution is 2.27. The smallest absolute Gasteiger partial charge is 0.262 e. The van der Waals surface area contributed by atoms with E-state index in [-0.39, 0.29) is 17.1 Å². The SMILES string of the molecule is CCc1nn(-c2ccccc2O)c(N)c1C(=O)Nc1ccc(Cl)cn1. The molecule has 0 fully saturated rings. The number of hydrogen-bond donors (Lipinski definition) is 3. The molecule has 7 nitrogen and oxygen atoms in total. The Labute approximate surface area is 149 Å². The summed E-state index contributed by atoms with van der Waals surface area (Å²) in [7, 11) is 0. The van der Waals surface area contributed by atoms with Gasteiger partial charge >= 0.3 is 0 Å². The molecule has 0 bridgehead atoms. The molecule has 8 heteroatoms. The number of halogens is 1. The summed E-state index contributed by atoms with van der Waals surface area (Å²) in [5.74, 6) is 0.0903. The van der Waals surface area contributed by atoms with Crippen LogP contribution in [0.15, 0.2) is 42.6 Å². The summed E-state index contributed by atoms with van der Waals surface area (Å²) in [6, 6.07) is 9.85. The minimum absolute atomic E-state index is 0.0191. The fourth-order valence-corrected chi connectivity index (χ4v) is 2.54. The van der Waals surface area contributed by atoms with E-state index in [4.69, 9.17) is 17.3 Å². The summed E-state index contributed by atoms with van der Waals surface area (Å²) in [5.41, 5.74) is 7.32. The number of aromatic hydroxyl groups is 1. The molecule has 4 N–H and O–H groups in total. The lowest BCUT2D eigenvalue weighted by Crippen LogP contribution is -2.16. The number of rotatable bonds is 4. The molecular weight excluding hydrogens is 342 g/mol. The molecule has 3 rings (SSSR count). The molecule has 25 heavy (non-hydrogen) atoms. The molecule has 0 atom stereocenters. The van der Waals surface area contributed by atoms with Crippen LogP contribution >= 0.6 is 11.6 Å². The lowest BCUT2D eigenvalue weighted by molar-refractivity contribution is 0.102. The van der Waals surface area contributed by atoms with Gasteiger partial charge in [-0.05, 0) is 30.7 Å². The Bertz CT molecular complexity index is 921. The average molecular weight is 358 g/mol. The first-order valence-corrected chi connectivity index (χ1v) is 7.97. The van der Waals surface area contributed by atoms with Crippen molar-refractivity contribution in [3.05, 3.63) is 58.9 Å². The minimum Gasteiger partial charge on any atom is -0.506 e. The van der Waals surface area contributed by atoms with Crippen molar-refractivity contribution < 1.29 is 9.90 Å². The highest BCUT2D eigenvalue weighted by molar-refractivity contribution is 6.30. The van der Waals surface area contributed by atoms with Crippen molar-refractivity contribution in [2.75, 3.05) is 11.1 Å². The first kappa shape index (κ1) is 16.8. The average Bonchev–Trinajstić information content (AvgIpc) is 2.94. The number of benzene rings is 1. The van der Waals surface area contributed by atoms with E-state index in [1.165, 1.54) is 16.9 Å². The van der Waals surface area contributed by atoms with Gasteiger partial charge in [0.05, 0.1) is 10.7 Å². The quantitative estimate of drug-likeness (QED) is 0.665. The van der Waals surface area contributed by atoms with E-state index in [1.54, 1.807) is 30.3 Å². The molecule has 1 aromatic carbocycles. The number of nitrogens with two attached hydrogens (primary N) is 1. The Balaban J connectivity index is 2.00. The first-order valence-electron chi connectivity index (χ1n) is 7.60. The van der Waals surface area contributed by atoms with Crippen LogP contribution in [0.1, 0.15) is 23.0 Å². The fourth-order valence-electron chi connectivity index (χ4n) is 2.43. The number of carbonyl (C=O) groups excluding carboxylic acids is 1. The van der Waals surface area contributed by atoms with E-state index in [9.17, 15) is 9.90 Å². The van der Waals surface area contributed by atoms with Crippen LogP contribution in [-0.4, -0.2) is 25.8 Å². The Morgan fingerprint density at radius 2 is 2.08 bits per heavy atom. The summed E-state index contributed by atoms with van der Waals surface area (Å²) in [5, 5.41) is 17.5. The van der Waals surface area contributed by atoms with Gasteiger partial charge in [-0.2, -0.15) is 5.10 Å². The second-order valence-electron chi connectivity index (χ2n) is 5.28. The highest BCUT2D eigenvalue weighted by Gasteiger charge is 2.23. The predicted molar refractivity (Wildman–Crippen MR) is 96.2 cm³/mol. The van der Waals surface area contributed by atoms with Crippen LogP contribution < -0.4 is 11.1 Å². The van der Waals surface area contributed by atoms with Gasteiger partial charge in [0.25, 0.3) is 5.91 Å². The first-order chi connectivity index (χ1) is 12.0. The summed E-state index contributed by atoms with van der Waals surface area (Å²) in [6.45, 7) is 1.87. The molecule has 0 saturated heterocycles. The van der Waals surface area contributed by atoms with Gasteiger partial charge in [-0.3, -0.25) is 4.79 Å². The number of nitrogens with one attached hydrogen (secondary N) is 1. The maximum Gasteiger partial charge on any atom is 0.262 e. The van der Waals surface area contributed by atoms with Crippen LogP contribution in [0.5, 0.6) is 5.75 Å². The molecule has 2 aromatic heterocycles. The minimum atomic E-state index is -0.425. The molecule has 0 aliphatic rings. The second-order valence-corrected chi connectivity index (χ2v) is 5.71. The number of amides is 1. The van der Waals surface area contributed by atoms with Gasteiger partial charge in [-0.1, -0.05) is 30.7 Å². The highest BCUT2D eigenvalue weighted by atomic mass is 35.5. The van der Waals surface area contributed by atoms with Crippen molar-refractivity contribution in [3.8, 4) is 11.4 Å². The van der Waals surface area contributed by atoms with Gasteiger partial charge in [0.1, 0.15) is 28.6 Å². The van der Waals surface area contributed by atoms with E-state index < -0.39 is 5.91 Å². The predicted octanol–water partition coefficient (Wildman–Crippen LogP) is 3.02. The van der Waals surface area contributed by atoms with Gasteiger partial charge in [0.2, 0.25) is 0 Å². The number of para-hydroxylation sites is 2. The summed E-state index contributed by atoms with van der Waals surface area (Å²) in [4.78, 5) is 16.7. The Hall–Kier alpha value is -3.06. The topological polar surface area (TPSA) is 106 Å². The number of pyridine rings is 1. The van der Waals surface area contributed by atoms with Crippen LogP contribution in [0.3, 0.4) is 0 Å². The Morgan fingerprint density at radius 3 is 2.72 bits per heavy atom. The van der Waals surface area contributed by atoms with Crippen molar-refractivity contribution in [3.63, 3.8) is 0 Å². The molecule has 0 aliphatic carbocycles. The van der Waals surface area contributed by atoms with Crippen LogP contribution in [0.25, 0.3) is 5.69 Å². The van der Waals surface area contributed by atoms with Crippen molar-refractivity contribution in [1.29, 1.82) is 0 Å². The summed E-state index contributed by atoms with van der Waals surface area (Å²) < 4.78 is 1.36. The van der Waals surface area contributed by atoms with Crippen molar-refractivity contribution in [1.82, 2.24) is 14.8 Å². The molecule has 128 valence electrons. The van der Waals surface area contributed by atoms with E-state index in [0.29, 0.717) is 28.6 Å². The van der Waals surface area contributed by atoms with Crippen molar-refractivity contribution >= 4 is 29.1 Å². The number of nitrogens with zero attached hydrogens (tertiary/aromatic N) is 3. The van der Waals surface area contributed by atoms with E-state index in [0.717, 1.165) is 0 Å². The lowest BCUT2D eigenvalue weighted by atomic mass is 10.2. The third-order valence-corrected chi connectivity index (χ3v) is 3.86. The van der Waals surface area contributed by atoms with Crippen LogP contribution in [0.4, 0.5) is 11.6 Å². The summed E-state index contributed by atoms with van der Waals surface area (Å²) >= 11 is 5.79. The zero-order chi connectivity index (χ0) is 18.0. The Morgan fingerprint density at radius 1 is 1.32 bits per heavy atom. The molecule has 0 unspecified atom stereocenters. The number of nitrogen functional groups attached to an aromatic ring is 1. The molecule has 3 aromatic rings. The lowest BCUT2D eigenvalue weighted by Gasteiger charge is -2.07. The largest absolute Gasteiger partial charge is 0.506 e. The van der Waals surface area contributed by atoms with Crippen molar-refractivity contribution in [2.45, 2.75) is 13.3 Å². The third-order valence-electron chi connectivity index (χ3n) is 3.63. The number of hydrogen-bond acceptors (Lipinski definition) is 5. The van der Waals surface area contributed by atoms with Gasteiger partial charge in [-0.25, -0.2) is 9.67 Å². The van der Waals surface area contributed by atoms with Gasteiger partial charge in [0.15, 0.2) is 0 Å². The van der Waals surface area contributed by atoms with Gasteiger partial charge in [-0.15, -0.1) is 0 Å². The van der Waals surface area contributed by atoms with Crippen molar-refractivity contribution in [2.24, 2.45) is 0 Å². The van der Waals surface area contributed by atoms with Gasteiger partial charge < -0.3 is 16.2 Å². The molecular formula is C17H16ClN5O2. The zero-order valence-electron chi connectivity index (χ0n) is 13.4. The second kappa shape index (κ2) is 6.82. The molecule has 0 aliphatic heterocycles. The van der Waals surface area contributed by atoms with E-state index in [2.05, 4.69) is 15.4 Å². The number of anilines is 2. The molecule has 0 spiro atoms. The maximum absolute atomic E-state index is 12.6. The van der Waals surface area contributed by atoms with Crippen LogP contribution in [-0.2, 0) is 6.42 Å². The maximum atomic E-state index is 12.6. The molecule has 0 saturated carbocycles. The van der Waals surface area contributed by atoms with E-state index >= 15 is 0 Å². The number of aryl methyl sites for hydroxylation is 1. The fraction of sp³-hybridized carbons (Fsp3) is 0.118. The number of aromatic nitrogens is 3. The number of phenols is 1. The standard InChI is InChI=1S/C17H16ClN5O2/c1-2-11-15(17(25)21-14-8-7-10(18)9-20-14)16(19)23(22-11)12-5-3-4-6-13(12)24/h3-9,24H,2,19H2,1H3,(H,20,21,25). The normalized spacial score (nSPS) is 10.6. The third kappa shape index (κ3) is 3.27. The van der Waals surface area contributed by atoms with E-state index in [1.807, 2.05) is 6.92 Å². The zero-order valence-corrected chi connectivity index (χ0v) is 14.2. The number of phenolic OH excluding ortho intramolecular Hbond substituents is 1. The van der Waals surface area contributed by atoms with Crippen LogP contribution in [0, 0.1) is 0 Å². The Kier molecular flexibility index (Phi) is 4.58. The summed E-state index contributed by atoms with van der Waals surface area (Å²) in [6.07, 6.45) is 1.94. The monoisotopic (exact) mass is 357 g/mol. The molecule has 1 amide bonds. The molecule has 0 radical (unpaired) electrons.